The highest BCUT2D eigenvalue weighted by molar-refractivity contribution is 5.81. The molecule has 0 aliphatic heterocycles. The molecule has 2 atom stereocenters. The van der Waals surface area contributed by atoms with E-state index in [2.05, 4.69) is 12.2 Å². The van der Waals surface area contributed by atoms with Crippen molar-refractivity contribution in [2.75, 3.05) is 13.2 Å². The van der Waals surface area contributed by atoms with Crippen LogP contribution in [0.5, 0.6) is 5.75 Å². The fourth-order valence-corrected chi connectivity index (χ4v) is 2.75. The monoisotopic (exact) mass is 333 g/mol. The van der Waals surface area contributed by atoms with Crippen LogP contribution in [-0.4, -0.2) is 37.4 Å². The van der Waals surface area contributed by atoms with Crippen molar-refractivity contribution in [3.05, 3.63) is 29.8 Å². The number of carbonyl (C=O) groups is 3. The van der Waals surface area contributed by atoms with Gasteiger partial charge in [0.25, 0.3) is 5.91 Å². The Kier molecular flexibility index (Phi) is 6.78. The van der Waals surface area contributed by atoms with Crippen LogP contribution in [0.4, 0.5) is 0 Å². The number of rotatable bonds is 7. The van der Waals surface area contributed by atoms with Crippen LogP contribution < -0.4 is 10.1 Å². The van der Waals surface area contributed by atoms with Crippen molar-refractivity contribution in [1.29, 1.82) is 0 Å². The third-order valence-corrected chi connectivity index (χ3v) is 4.19. The lowest BCUT2D eigenvalue weighted by Crippen LogP contribution is -2.43. The summed E-state index contributed by atoms with van der Waals surface area (Å²) < 4.78 is 10.2. The summed E-state index contributed by atoms with van der Waals surface area (Å²) in [7, 11) is 0. The summed E-state index contributed by atoms with van der Waals surface area (Å²) in [6, 6.07) is 6.53. The summed E-state index contributed by atoms with van der Waals surface area (Å²) in [6.07, 6.45) is 5.13. The molecule has 24 heavy (non-hydrogen) atoms. The molecule has 0 bridgehead atoms. The van der Waals surface area contributed by atoms with Gasteiger partial charge in [-0.05, 0) is 43.0 Å². The zero-order valence-corrected chi connectivity index (χ0v) is 13.8. The molecular weight excluding hydrogens is 310 g/mol. The van der Waals surface area contributed by atoms with Crippen LogP contribution in [0.3, 0.4) is 0 Å². The molecule has 0 unspecified atom stereocenters. The third-order valence-electron chi connectivity index (χ3n) is 4.19. The maximum atomic E-state index is 11.8. The van der Waals surface area contributed by atoms with Crippen LogP contribution in [0.15, 0.2) is 24.3 Å². The second-order valence-corrected chi connectivity index (χ2v) is 6.07. The van der Waals surface area contributed by atoms with Gasteiger partial charge in [-0.15, -0.1) is 0 Å². The van der Waals surface area contributed by atoms with Gasteiger partial charge in [0.15, 0.2) is 13.2 Å². The first-order valence-corrected chi connectivity index (χ1v) is 8.21. The normalized spacial score (nSPS) is 20.0. The zero-order valence-electron chi connectivity index (χ0n) is 13.8. The number of nitrogens with one attached hydrogen (secondary N) is 1. The number of esters is 1. The van der Waals surface area contributed by atoms with E-state index in [4.69, 9.17) is 9.47 Å². The molecule has 130 valence electrons. The Morgan fingerprint density at radius 2 is 1.88 bits per heavy atom. The summed E-state index contributed by atoms with van der Waals surface area (Å²) in [5.41, 5.74) is 0.526. The second kappa shape index (κ2) is 9.05. The summed E-state index contributed by atoms with van der Waals surface area (Å²) in [5.74, 6) is 0.0212. The number of amides is 1. The van der Waals surface area contributed by atoms with Gasteiger partial charge in [-0.2, -0.15) is 0 Å². The molecule has 0 heterocycles. The summed E-state index contributed by atoms with van der Waals surface area (Å²) in [6.45, 7) is 1.54. The molecule has 1 amide bonds. The number of hydrogen-bond acceptors (Lipinski definition) is 5. The van der Waals surface area contributed by atoms with Crippen molar-refractivity contribution in [1.82, 2.24) is 5.32 Å². The van der Waals surface area contributed by atoms with Gasteiger partial charge in [0, 0.05) is 11.6 Å². The van der Waals surface area contributed by atoms with Gasteiger partial charge < -0.3 is 14.8 Å². The maximum Gasteiger partial charge on any atom is 0.344 e. The minimum Gasteiger partial charge on any atom is -0.482 e. The molecule has 6 heteroatoms. The fourth-order valence-electron chi connectivity index (χ4n) is 2.75. The van der Waals surface area contributed by atoms with Gasteiger partial charge in [-0.1, -0.05) is 19.8 Å². The molecule has 1 N–H and O–H groups in total. The van der Waals surface area contributed by atoms with Crippen molar-refractivity contribution in [3.8, 4) is 5.75 Å². The number of benzene rings is 1. The van der Waals surface area contributed by atoms with Crippen molar-refractivity contribution in [3.63, 3.8) is 0 Å². The number of carbonyl (C=O) groups excluding carboxylic acids is 3. The van der Waals surface area contributed by atoms with Crippen molar-refractivity contribution < 1.29 is 23.9 Å². The topological polar surface area (TPSA) is 81.7 Å². The van der Waals surface area contributed by atoms with E-state index in [1.807, 2.05) is 0 Å². The lowest BCUT2D eigenvalue weighted by atomic mass is 9.86. The molecule has 1 aromatic rings. The van der Waals surface area contributed by atoms with E-state index in [9.17, 15) is 14.4 Å². The molecule has 1 aliphatic rings. The maximum absolute atomic E-state index is 11.8. The SMILES string of the molecule is C[C@@H]1CCCC[C@@H]1NC(=O)COC(=O)COc1ccc(C=O)cc1. The average molecular weight is 333 g/mol. The number of hydrogen-bond donors (Lipinski definition) is 1. The van der Waals surface area contributed by atoms with E-state index in [-0.39, 0.29) is 25.2 Å². The number of ether oxygens (including phenoxy) is 2. The standard InChI is InChI=1S/C18H23NO5/c1-13-4-2-3-5-16(13)19-17(21)11-24-18(22)12-23-15-8-6-14(10-20)7-9-15/h6-10,13,16H,2-5,11-12H2,1H3,(H,19,21)/t13-,16+/m1/s1. The molecule has 0 saturated heterocycles. The predicted molar refractivity (Wildman–Crippen MR) is 87.8 cm³/mol. The summed E-state index contributed by atoms with van der Waals surface area (Å²) >= 11 is 0. The van der Waals surface area contributed by atoms with Gasteiger partial charge in [-0.3, -0.25) is 9.59 Å². The molecule has 0 aromatic heterocycles. The molecule has 1 aromatic carbocycles. The molecule has 1 fully saturated rings. The van der Waals surface area contributed by atoms with E-state index in [0.29, 0.717) is 17.2 Å². The van der Waals surface area contributed by atoms with Crippen LogP contribution in [-0.2, 0) is 14.3 Å². The van der Waals surface area contributed by atoms with Crippen LogP contribution in [0, 0.1) is 5.92 Å². The Balaban J connectivity index is 1.66. The Labute approximate surface area is 141 Å². The second-order valence-electron chi connectivity index (χ2n) is 6.07. The van der Waals surface area contributed by atoms with Crippen LogP contribution in [0.25, 0.3) is 0 Å². The van der Waals surface area contributed by atoms with Crippen molar-refractivity contribution >= 4 is 18.2 Å². The molecule has 1 aliphatic carbocycles. The van der Waals surface area contributed by atoms with Crippen molar-refractivity contribution in [2.45, 2.75) is 38.6 Å². The highest BCUT2D eigenvalue weighted by Crippen LogP contribution is 2.23. The highest BCUT2D eigenvalue weighted by atomic mass is 16.6. The van der Waals surface area contributed by atoms with Crippen LogP contribution in [0.2, 0.25) is 0 Å². The smallest absolute Gasteiger partial charge is 0.344 e. The molecule has 1 saturated carbocycles. The van der Waals surface area contributed by atoms with Gasteiger partial charge in [0.2, 0.25) is 0 Å². The summed E-state index contributed by atoms with van der Waals surface area (Å²) in [4.78, 5) is 34.0. The lowest BCUT2D eigenvalue weighted by molar-refractivity contribution is -0.150. The first kappa shape index (κ1) is 18.0. The quantitative estimate of drug-likeness (QED) is 0.610. The Hall–Kier alpha value is -2.37. The summed E-state index contributed by atoms with van der Waals surface area (Å²) in [5, 5.41) is 2.92. The minimum absolute atomic E-state index is 0.164. The van der Waals surface area contributed by atoms with E-state index >= 15 is 0 Å². The zero-order chi connectivity index (χ0) is 17.4. The van der Waals surface area contributed by atoms with Crippen LogP contribution >= 0.6 is 0 Å². The van der Waals surface area contributed by atoms with Gasteiger partial charge in [-0.25, -0.2) is 4.79 Å². The van der Waals surface area contributed by atoms with Crippen LogP contribution in [0.1, 0.15) is 43.0 Å². The first-order chi connectivity index (χ1) is 11.6. The lowest BCUT2D eigenvalue weighted by Gasteiger charge is -2.29. The highest BCUT2D eigenvalue weighted by Gasteiger charge is 2.23. The Bertz CT molecular complexity index is 569. The van der Waals surface area contributed by atoms with Gasteiger partial charge in [0.1, 0.15) is 12.0 Å². The minimum atomic E-state index is -0.610. The molecule has 6 nitrogen and oxygen atoms in total. The van der Waals surface area contributed by atoms with E-state index in [1.165, 1.54) is 6.42 Å². The molecular formula is C18H23NO5. The molecule has 2 rings (SSSR count). The van der Waals surface area contributed by atoms with Gasteiger partial charge in [0.05, 0.1) is 0 Å². The number of aldehydes is 1. The van der Waals surface area contributed by atoms with E-state index in [0.717, 1.165) is 25.5 Å². The fraction of sp³-hybridized carbons (Fsp3) is 0.500. The predicted octanol–water partition coefficient (Wildman–Crippen LogP) is 2.12. The Morgan fingerprint density at radius 3 is 2.54 bits per heavy atom. The average Bonchev–Trinajstić information content (AvgIpc) is 2.60. The van der Waals surface area contributed by atoms with E-state index in [1.54, 1.807) is 24.3 Å². The molecule has 0 radical (unpaired) electrons. The third kappa shape index (κ3) is 5.68. The largest absolute Gasteiger partial charge is 0.482 e. The Morgan fingerprint density at radius 1 is 1.17 bits per heavy atom. The van der Waals surface area contributed by atoms with E-state index < -0.39 is 5.97 Å². The first-order valence-electron chi connectivity index (χ1n) is 8.21. The molecule has 0 spiro atoms. The van der Waals surface area contributed by atoms with Crippen molar-refractivity contribution in [2.24, 2.45) is 5.92 Å². The van der Waals surface area contributed by atoms with Gasteiger partial charge >= 0.3 is 5.97 Å².